The van der Waals surface area contributed by atoms with Crippen molar-refractivity contribution in [1.82, 2.24) is 20.3 Å². The summed E-state index contributed by atoms with van der Waals surface area (Å²) in [6, 6.07) is 10.2. The maximum atomic E-state index is 9.69. The Morgan fingerprint density at radius 1 is 1.06 bits per heavy atom. The second-order valence-corrected chi connectivity index (χ2v) is 9.99. The van der Waals surface area contributed by atoms with E-state index in [2.05, 4.69) is 21.4 Å². The minimum absolute atomic E-state index is 0. The van der Waals surface area contributed by atoms with Crippen molar-refractivity contribution in [2.24, 2.45) is 0 Å². The fourth-order valence-electron chi connectivity index (χ4n) is 5.58. The Hall–Kier alpha value is -2.99. The smallest absolute Gasteiger partial charge is 0.257 e. The van der Waals surface area contributed by atoms with Gasteiger partial charge in [-0.1, -0.05) is 0 Å². The third-order valence-corrected chi connectivity index (χ3v) is 7.79. The van der Waals surface area contributed by atoms with Crippen LogP contribution in [0.15, 0.2) is 30.5 Å². The lowest BCUT2D eigenvalue weighted by atomic mass is 9.69. The van der Waals surface area contributed by atoms with Crippen LogP contribution in [0.2, 0.25) is 0 Å². The highest BCUT2D eigenvalue weighted by atomic mass is 35.5. The summed E-state index contributed by atoms with van der Waals surface area (Å²) in [5, 5.41) is 13.4. The number of nitriles is 1. The van der Waals surface area contributed by atoms with Crippen molar-refractivity contribution >= 4 is 23.4 Å². The molecule has 1 saturated carbocycles. The molecule has 188 valence electrons. The molecule has 3 aromatic heterocycles. The molecule has 1 N–H and O–H groups in total. The molecule has 36 heavy (non-hydrogen) atoms. The van der Waals surface area contributed by atoms with Gasteiger partial charge in [0.25, 0.3) is 5.88 Å². The number of halogens is 1. The largest absolute Gasteiger partial charge is 0.484 e. The van der Waals surface area contributed by atoms with Gasteiger partial charge in [0.1, 0.15) is 19.3 Å². The molecule has 2 bridgehead atoms. The summed E-state index contributed by atoms with van der Waals surface area (Å²) in [6.45, 7) is 4.44. The Labute approximate surface area is 216 Å². The van der Waals surface area contributed by atoms with E-state index < -0.39 is 0 Å². The quantitative estimate of drug-likeness (QED) is 0.529. The fourth-order valence-corrected chi connectivity index (χ4v) is 5.58. The van der Waals surface area contributed by atoms with Crippen LogP contribution in [0.4, 0.5) is 0 Å². The molecule has 2 saturated heterocycles. The first-order chi connectivity index (χ1) is 17.1. The Balaban J connectivity index is 0.00000267. The molecular weight excluding hydrogens is 478 g/mol. The molecule has 0 spiro atoms. The van der Waals surface area contributed by atoms with Crippen LogP contribution in [-0.2, 0) is 17.7 Å². The highest BCUT2D eigenvalue weighted by molar-refractivity contribution is 5.85. The predicted molar refractivity (Wildman–Crippen MR) is 137 cm³/mol. The summed E-state index contributed by atoms with van der Waals surface area (Å²) in [5.74, 6) is 1.30. The zero-order valence-corrected chi connectivity index (χ0v) is 21.2. The number of hydrogen-bond donors (Lipinski definition) is 1. The van der Waals surface area contributed by atoms with Gasteiger partial charge in [-0.3, -0.25) is 9.97 Å². The van der Waals surface area contributed by atoms with Crippen molar-refractivity contribution in [2.45, 2.75) is 63.1 Å². The molecule has 6 heterocycles. The first kappa shape index (κ1) is 24.7. The summed E-state index contributed by atoms with van der Waals surface area (Å²) in [7, 11) is 0. The summed E-state index contributed by atoms with van der Waals surface area (Å²) in [5.41, 5.74) is 5.01. The van der Waals surface area contributed by atoms with Gasteiger partial charge >= 0.3 is 0 Å². The zero-order valence-electron chi connectivity index (χ0n) is 20.4. The Morgan fingerprint density at radius 2 is 1.89 bits per heavy atom. The van der Waals surface area contributed by atoms with Gasteiger partial charge in [-0.2, -0.15) is 5.26 Å². The van der Waals surface area contributed by atoms with Gasteiger partial charge in [0, 0.05) is 24.0 Å². The van der Waals surface area contributed by atoms with Crippen molar-refractivity contribution < 1.29 is 14.2 Å². The lowest BCUT2D eigenvalue weighted by Gasteiger charge is -2.53. The van der Waals surface area contributed by atoms with Gasteiger partial charge in [-0.25, -0.2) is 4.98 Å². The minimum atomic E-state index is -0.134. The lowest BCUT2D eigenvalue weighted by molar-refractivity contribution is -0.165. The zero-order chi connectivity index (χ0) is 23.9. The molecule has 3 aliphatic heterocycles. The van der Waals surface area contributed by atoms with Crippen LogP contribution >= 0.6 is 12.4 Å². The molecule has 4 aliphatic rings. The van der Waals surface area contributed by atoms with Crippen LogP contribution in [0, 0.1) is 18.3 Å². The van der Waals surface area contributed by atoms with Crippen LogP contribution in [-0.4, -0.2) is 45.9 Å². The number of nitrogens with zero attached hydrogens (tertiary/aromatic N) is 4. The predicted octanol–water partition coefficient (Wildman–Crippen LogP) is 4.20. The number of nitrogens with one attached hydrogen (secondary N) is 1. The Bertz CT molecular complexity index is 1300. The van der Waals surface area contributed by atoms with Gasteiger partial charge in [0.05, 0.1) is 34.5 Å². The molecule has 1 aliphatic carbocycles. The van der Waals surface area contributed by atoms with Gasteiger partial charge in [-0.05, 0) is 75.3 Å². The average Bonchev–Trinajstić information content (AvgIpc) is 2.91. The molecule has 3 aromatic rings. The second kappa shape index (κ2) is 9.81. The van der Waals surface area contributed by atoms with Crippen molar-refractivity contribution in [3.8, 4) is 17.7 Å². The van der Waals surface area contributed by atoms with Gasteiger partial charge in [-0.15, -0.1) is 12.4 Å². The SMILES string of the molecule is Cc1ccc2ncc(C#N)c(CCC34CCC(NCc5ccc6c(n5)OCCO6)(CC3)CO4)c2n1.Cl. The molecule has 0 atom stereocenters. The van der Waals surface area contributed by atoms with Gasteiger partial charge < -0.3 is 19.5 Å². The number of aromatic nitrogens is 3. The van der Waals surface area contributed by atoms with Crippen LogP contribution < -0.4 is 14.8 Å². The molecule has 0 radical (unpaired) electrons. The number of hydrogen-bond acceptors (Lipinski definition) is 8. The normalized spacial score (nSPS) is 24.2. The van der Waals surface area contributed by atoms with E-state index in [0.29, 0.717) is 43.6 Å². The minimum Gasteiger partial charge on any atom is -0.484 e. The summed E-state index contributed by atoms with van der Waals surface area (Å²) >= 11 is 0. The van der Waals surface area contributed by atoms with Crippen molar-refractivity contribution in [3.05, 3.63) is 53.0 Å². The molecule has 0 aromatic carbocycles. The molecular formula is C27H30ClN5O3. The fraction of sp³-hybridized carbons (Fsp3) is 0.481. The van der Waals surface area contributed by atoms with E-state index in [4.69, 9.17) is 19.2 Å². The number of pyridine rings is 3. The van der Waals surface area contributed by atoms with Crippen LogP contribution in [0.1, 0.15) is 54.6 Å². The van der Waals surface area contributed by atoms with Crippen molar-refractivity contribution in [3.63, 3.8) is 0 Å². The highest BCUT2D eigenvalue weighted by Gasteiger charge is 2.49. The third kappa shape index (κ3) is 4.59. The summed E-state index contributed by atoms with van der Waals surface area (Å²) in [6.07, 6.45) is 7.47. The Morgan fingerprint density at radius 3 is 2.67 bits per heavy atom. The van der Waals surface area contributed by atoms with Crippen molar-refractivity contribution in [1.29, 1.82) is 5.26 Å². The number of rotatable bonds is 6. The van der Waals surface area contributed by atoms with Crippen molar-refractivity contribution in [2.75, 3.05) is 19.8 Å². The van der Waals surface area contributed by atoms with Gasteiger partial charge in [0.2, 0.25) is 0 Å². The summed E-state index contributed by atoms with van der Waals surface area (Å²) < 4.78 is 17.7. The van der Waals surface area contributed by atoms with Crippen LogP contribution in [0.3, 0.4) is 0 Å². The number of aryl methyl sites for hydroxylation is 2. The molecule has 0 amide bonds. The van der Waals surface area contributed by atoms with E-state index in [1.54, 1.807) is 6.20 Å². The lowest BCUT2D eigenvalue weighted by Crippen LogP contribution is -2.61. The monoisotopic (exact) mass is 507 g/mol. The number of ether oxygens (including phenoxy) is 3. The molecule has 3 fully saturated rings. The second-order valence-electron chi connectivity index (χ2n) is 9.99. The first-order valence-corrected chi connectivity index (χ1v) is 12.4. The molecule has 9 heteroatoms. The van der Waals surface area contributed by atoms with E-state index in [1.165, 1.54) is 0 Å². The average molecular weight is 508 g/mol. The Kier molecular flexibility index (Phi) is 6.73. The van der Waals surface area contributed by atoms with Crippen LogP contribution in [0.25, 0.3) is 11.0 Å². The maximum absolute atomic E-state index is 9.69. The highest BCUT2D eigenvalue weighted by Crippen LogP contribution is 2.46. The molecule has 0 unspecified atom stereocenters. The van der Waals surface area contributed by atoms with Crippen LogP contribution in [0.5, 0.6) is 11.6 Å². The standard InChI is InChI=1S/C27H29N5O3.ClH/c1-18-2-4-22-24(31-18)21(19(14-28)15-29-22)6-7-27-10-8-26(9-11-27,17-35-27)30-16-20-3-5-23-25(32-20)34-13-12-33-23;/h2-5,15,30H,6-13,16-17H2,1H3;1H. The van der Waals surface area contributed by atoms with E-state index in [9.17, 15) is 5.26 Å². The van der Waals surface area contributed by atoms with E-state index in [-0.39, 0.29) is 23.5 Å². The topological polar surface area (TPSA) is 102 Å². The molecule has 8 nitrogen and oxygen atoms in total. The van der Waals surface area contributed by atoms with E-state index in [1.807, 2.05) is 31.2 Å². The van der Waals surface area contributed by atoms with E-state index >= 15 is 0 Å². The maximum Gasteiger partial charge on any atom is 0.257 e. The number of fused-ring (bicyclic) bond motifs is 5. The van der Waals surface area contributed by atoms with E-state index in [0.717, 1.165) is 66.5 Å². The first-order valence-electron chi connectivity index (χ1n) is 12.4. The summed E-state index contributed by atoms with van der Waals surface area (Å²) in [4.78, 5) is 13.7. The third-order valence-electron chi connectivity index (χ3n) is 7.79. The molecule has 7 rings (SSSR count). The van der Waals surface area contributed by atoms with Gasteiger partial charge in [0.15, 0.2) is 5.75 Å².